The number of hydrogen-bond donors (Lipinski definition) is 2. The Morgan fingerprint density at radius 3 is 2.64 bits per heavy atom. The number of hydrogen-bond acceptors (Lipinski definition) is 6. The number of carbonyl (C=O) groups excluding carboxylic acids is 1. The number of rotatable bonds is 5. The first-order chi connectivity index (χ1) is 16.1. The number of nitrogens with zero attached hydrogens (tertiary/aromatic N) is 3. The van der Waals surface area contributed by atoms with Crippen LogP contribution in [0.3, 0.4) is 0 Å². The van der Waals surface area contributed by atoms with Gasteiger partial charge in [0, 0.05) is 48.3 Å². The second-order valence-electron chi connectivity index (χ2n) is 9.49. The molecule has 33 heavy (non-hydrogen) atoms. The number of benzene rings is 1. The molecule has 1 spiro atoms. The molecule has 5 rings (SSSR count). The smallest absolute Gasteiger partial charge is 0.225 e. The lowest BCUT2D eigenvalue weighted by atomic mass is 9.74. The highest BCUT2D eigenvalue weighted by atomic mass is 16.6. The van der Waals surface area contributed by atoms with E-state index in [1.54, 1.807) is 13.3 Å². The summed E-state index contributed by atoms with van der Waals surface area (Å²) >= 11 is 0. The van der Waals surface area contributed by atoms with Gasteiger partial charge in [-0.2, -0.15) is 0 Å². The molecule has 0 bridgehead atoms. The predicted octanol–water partition coefficient (Wildman–Crippen LogP) is 2.94. The van der Waals surface area contributed by atoms with Gasteiger partial charge in [-0.15, -0.1) is 0 Å². The summed E-state index contributed by atoms with van der Waals surface area (Å²) in [5.41, 5.74) is 13.7. The van der Waals surface area contributed by atoms with Gasteiger partial charge < -0.3 is 10.6 Å². The van der Waals surface area contributed by atoms with E-state index < -0.39 is 0 Å². The molecule has 3 aliphatic rings. The summed E-state index contributed by atoms with van der Waals surface area (Å²) in [4.78, 5) is 27.2. The van der Waals surface area contributed by atoms with Crippen molar-refractivity contribution in [2.24, 2.45) is 5.92 Å². The molecule has 0 atom stereocenters. The fraction of sp³-hybridized carbons (Fsp3) is 0.462. The van der Waals surface area contributed by atoms with Gasteiger partial charge in [0.1, 0.15) is 5.82 Å². The molecule has 1 aliphatic carbocycles. The van der Waals surface area contributed by atoms with Crippen LogP contribution in [0.4, 0.5) is 5.82 Å². The predicted molar refractivity (Wildman–Crippen MR) is 129 cm³/mol. The highest BCUT2D eigenvalue weighted by Crippen LogP contribution is 2.46. The van der Waals surface area contributed by atoms with Crippen LogP contribution in [0.25, 0.3) is 5.70 Å². The number of likely N-dealkylation sites (tertiary alicyclic amines) is 2. The first kappa shape index (κ1) is 21.9. The number of hydroxylamine groups is 1. The van der Waals surface area contributed by atoms with E-state index in [0.717, 1.165) is 69.7 Å². The van der Waals surface area contributed by atoms with E-state index in [2.05, 4.69) is 50.6 Å². The van der Waals surface area contributed by atoms with Gasteiger partial charge in [-0.1, -0.05) is 30.3 Å². The number of aromatic nitrogens is 1. The van der Waals surface area contributed by atoms with Crippen molar-refractivity contribution in [3.05, 3.63) is 65.4 Å². The largest absolute Gasteiger partial charge is 0.383 e. The number of amides is 1. The summed E-state index contributed by atoms with van der Waals surface area (Å²) in [5.74, 6) is 1.05. The molecule has 7 nitrogen and oxygen atoms in total. The fourth-order valence-electron chi connectivity index (χ4n) is 5.74. The van der Waals surface area contributed by atoms with Crippen LogP contribution >= 0.6 is 0 Å². The molecule has 2 saturated heterocycles. The number of nitrogens with two attached hydrogens (primary N) is 1. The molecular formula is C26H33N5O2. The van der Waals surface area contributed by atoms with Gasteiger partial charge in [0.25, 0.3) is 0 Å². The van der Waals surface area contributed by atoms with E-state index in [0.29, 0.717) is 11.7 Å². The highest BCUT2D eigenvalue weighted by Gasteiger charge is 2.42. The topological polar surface area (TPSA) is 83.7 Å². The zero-order chi connectivity index (χ0) is 22.8. The highest BCUT2D eigenvalue weighted by molar-refractivity contribution is 5.80. The van der Waals surface area contributed by atoms with Crippen LogP contribution in [-0.4, -0.2) is 54.0 Å². The second-order valence-corrected chi connectivity index (χ2v) is 9.49. The van der Waals surface area contributed by atoms with Crippen LogP contribution in [0, 0.1) is 5.92 Å². The maximum absolute atomic E-state index is 13.3. The Balaban J connectivity index is 1.18. The van der Waals surface area contributed by atoms with E-state index in [4.69, 9.17) is 10.6 Å². The summed E-state index contributed by atoms with van der Waals surface area (Å²) in [6.07, 6.45) is 7.75. The number of allylic oxidation sites excluding steroid dienone is 1. The first-order valence-electron chi connectivity index (χ1n) is 11.9. The van der Waals surface area contributed by atoms with Crippen molar-refractivity contribution >= 4 is 17.4 Å². The zero-order valence-electron chi connectivity index (χ0n) is 19.3. The van der Waals surface area contributed by atoms with Crippen molar-refractivity contribution in [1.82, 2.24) is 20.3 Å². The van der Waals surface area contributed by atoms with Crippen LogP contribution in [0.1, 0.15) is 42.4 Å². The second kappa shape index (κ2) is 9.15. The molecule has 1 aromatic heterocycles. The molecule has 0 radical (unpaired) electrons. The summed E-state index contributed by atoms with van der Waals surface area (Å²) in [6, 6.07) is 12.5. The molecule has 2 fully saturated rings. The molecule has 0 unspecified atom stereocenters. The number of pyridine rings is 1. The van der Waals surface area contributed by atoms with E-state index in [9.17, 15) is 4.79 Å². The van der Waals surface area contributed by atoms with E-state index in [-0.39, 0.29) is 11.3 Å². The fourth-order valence-corrected chi connectivity index (χ4v) is 5.74. The van der Waals surface area contributed by atoms with Gasteiger partial charge in [-0.05, 0) is 56.5 Å². The Morgan fingerprint density at radius 1 is 1.15 bits per heavy atom. The SMILES string of the molecule is CONC1=CC2(CCN(C(=O)C3CCN(Cc4cccnc4N)CC3)CC2)c2ccccc21. The minimum absolute atomic E-state index is 0.0126. The van der Waals surface area contributed by atoms with Crippen molar-refractivity contribution in [3.63, 3.8) is 0 Å². The van der Waals surface area contributed by atoms with Crippen molar-refractivity contribution < 1.29 is 9.63 Å². The maximum atomic E-state index is 13.3. The van der Waals surface area contributed by atoms with Crippen LogP contribution in [0.5, 0.6) is 0 Å². The van der Waals surface area contributed by atoms with E-state index in [1.165, 1.54) is 11.1 Å². The van der Waals surface area contributed by atoms with Gasteiger partial charge in [0.05, 0.1) is 12.8 Å². The normalized spacial score (nSPS) is 20.5. The Kier molecular flexibility index (Phi) is 6.08. The molecule has 1 aromatic carbocycles. The van der Waals surface area contributed by atoms with Gasteiger partial charge in [-0.25, -0.2) is 4.98 Å². The molecule has 3 N–H and O–H groups in total. The maximum Gasteiger partial charge on any atom is 0.225 e. The lowest BCUT2D eigenvalue weighted by molar-refractivity contribution is -0.138. The third kappa shape index (κ3) is 4.23. The van der Waals surface area contributed by atoms with Crippen molar-refractivity contribution in [1.29, 1.82) is 0 Å². The molecule has 0 saturated carbocycles. The van der Waals surface area contributed by atoms with Crippen LogP contribution in [0.2, 0.25) is 0 Å². The minimum Gasteiger partial charge on any atom is -0.383 e. The summed E-state index contributed by atoms with van der Waals surface area (Å²) in [6.45, 7) is 4.25. The van der Waals surface area contributed by atoms with Crippen LogP contribution < -0.4 is 11.2 Å². The van der Waals surface area contributed by atoms with E-state index in [1.807, 2.05) is 12.1 Å². The Labute approximate surface area is 195 Å². The van der Waals surface area contributed by atoms with Gasteiger partial charge in [0.2, 0.25) is 5.91 Å². The lowest BCUT2D eigenvalue weighted by Crippen LogP contribution is -2.48. The monoisotopic (exact) mass is 447 g/mol. The van der Waals surface area contributed by atoms with Crippen LogP contribution in [0.15, 0.2) is 48.7 Å². The van der Waals surface area contributed by atoms with E-state index >= 15 is 0 Å². The molecular weight excluding hydrogens is 414 g/mol. The minimum atomic E-state index is -0.0126. The summed E-state index contributed by atoms with van der Waals surface area (Å²) < 4.78 is 0. The lowest BCUT2D eigenvalue weighted by Gasteiger charge is -2.41. The number of fused-ring (bicyclic) bond motifs is 2. The molecule has 1 amide bonds. The average molecular weight is 448 g/mol. The molecule has 174 valence electrons. The number of nitrogens with one attached hydrogen (secondary N) is 1. The standard InChI is InChI=1S/C26H33N5O2/c1-33-29-23-17-26(22-7-3-2-6-21(22)23)10-15-31(16-11-26)25(32)19-8-13-30(14-9-19)18-20-5-4-12-28-24(20)27/h2-7,12,17,19,29H,8-11,13-16,18H2,1H3,(H2,27,28). The van der Waals surface area contributed by atoms with Crippen LogP contribution in [-0.2, 0) is 21.6 Å². The quantitative estimate of drug-likeness (QED) is 0.686. The third-order valence-electron chi connectivity index (χ3n) is 7.61. The van der Waals surface area contributed by atoms with Gasteiger partial charge in [-0.3, -0.25) is 20.0 Å². The number of carbonyl (C=O) groups is 1. The average Bonchev–Trinajstić information content (AvgIpc) is 3.14. The Morgan fingerprint density at radius 2 is 1.91 bits per heavy atom. The zero-order valence-corrected chi connectivity index (χ0v) is 19.3. The Hall–Kier alpha value is -2.90. The first-order valence-corrected chi connectivity index (χ1v) is 11.9. The number of anilines is 1. The van der Waals surface area contributed by atoms with Gasteiger partial charge >= 0.3 is 0 Å². The summed E-state index contributed by atoms with van der Waals surface area (Å²) in [5, 5.41) is 0. The third-order valence-corrected chi connectivity index (χ3v) is 7.61. The number of nitrogen functional groups attached to an aromatic ring is 1. The number of piperidine rings is 2. The van der Waals surface area contributed by atoms with Crippen molar-refractivity contribution in [3.8, 4) is 0 Å². The van der Waals surface area contributed by atoms with Crippen molar-refractivity contribution in [2.75, 3.05) is 39.0 Å². The molecule has 3 heterocycles. The van der Waals surface area contributed by atoms with Gasteiger partial charge in [0.15, 0.2) is 0 Å². The molecule has 7 heteroatoms. The molecule has 2 aromatic rings. The van der Waals surface area contributed by atoms with Crippen molar-refractivity contribution in [2.45, 2.75) is 37.6 Å². The summed E-state index contributed by atoms with van der Waals surface area (Å²) in [7, 11) is 1.65. The Bertz CT molecular complexity index is 1040. The molecule has 2 aliphatic heterocycles.